The third-order valence-corrected chi connectivity index (χ3v) is 6.12. The Morgan fingerprint density at radius 3 is 2.55 bits per heavy atom. The van der Waals surface area contributed by atoms with Crippen LogP contribution in [0.2, 0.25) is 0 Å². The molecule has 3 heterocycles. The standard InChI is InChI=1S/C23H23N3O7/c1-25-9-8-12-10-15-19(33-11-32-15)20(31-3)16(12)18(25)17-21(27)24-23(29)26(22(17)28)13-4-6-14(30-2)7-5-13/h4-7,10,18,28H,8-9,11H2,1-3H3,(H,24,27,29)/t18-/m1/s1. The molecule has 0 fully saturated rings. The van der Waals surface area contributed by atoms with Crippen LogP contribution >= 0.6 is 0 Å². The molecule has 0 radical (unpaired) electrons. The van der Waals surface area contributed by atoms with Gasteiger partial charge in [-0.15, -0.1) is 0 Å². The van der Waals surface area contributed by atoms with Gasteiger partial charge in [0.2, 0.25) is 18.4 Å². The molecular formula is C23H23N3O7. The van der Waals surface area contributed by atoms with Crippen molar-refractivity contribution < 1.29 is 24.1 Å². The number of aromatic amines is 1. The Bertz CT molecular complexity index is 1340. The predicted octanol–water partition coefficient (Wildman–Crippen LogP) is 1.55. The van der Waals surface area contributed by atoms with Crippen molar-refractivity contribution >= 4 is 0 Å². The van der Waals surface area contributed by atoms with Crippen LogP contribution in [0.5, 0.6) is 28.9 Å². The molecule has 10 heteroatoms. The van der Waals surface area contributed by atoms with E-state index in [1.165, 1.54) is 14.2 Å². The highest BCUT2D eigenvalue weighted by molar-refractivity contribution is 5.63. The number of likely N-dealkylation sites (N-methyl/N-ethyl adjacent to an activating group) is 1. The van der Waals surface area contributed by atoms with Crippen LogP contribution in [-0.4, -0.2) is 54.2 Å². The highest BCUT2D eigenvalue weighted by Gasteiger charge is 2.38. The summed E-state index contributed by atoms with van der Waals surface area (Å²) in [4.78, 5) is 30.0. The lowest BCUT2D eigenvalue weighted by Crippen LogP contribution is -2.39. The molecule has 0 amide bonds. The first-order valence-electron chi connectivity index (χ1n) is 10.4. The molecule has 0 saturated heterocycles. The van der Waals surface area contributed by atoms with E-state index < -0.39 is 23.2 Å². The topological polar surface area (TPSA) is 115 Å². The lowest BCUT2D eigenvalue weighted by Gasteiger charge is -2.35. The number of benzene rings is 2. The van der Waals surface area contributed by atoms with Crippen molar-refractivity contribution in [1.82, 2.24) is 14.5 Å². The molecule has 0 spiro atoms. The SMILES string of the molecule is COc1ccc(-n2c(O)c([C@H]3c4c(cc5c(c4OC)OCO5)CCN3C)c(=O)[nH]c2=O)cc1. The molecule has 1 atom stereocenters. The first-order valence-corrected chi connectivity index (χ1v) is 10.4. The van der Waals surface area contributed by atoms with E-state index in [4.69, 9.17) is 18.9 Å². The Balaban J connectivity index is 1.76. The van der Waals surface area contributed by atoms with E-state index >= 15 is 0 Å². The number of hydrogen-bond acceptors (Lipinski definition) is 8. The number of fused-ring (bicyclic) bond motifs is 2. The van der Waals surface area contributed by atoms with Crippen molar-refractivity contribution in [2.24, 2.45) is 0 Å². The Kier molecular flexibility index (Phi) is 5.01. The number of nitrogens with one attached hydrogen (secondary N) is 1. The lowest BCUT2D eigenvalue weighted by atomic mass is 9.87. The van der Waals surface area contributed by atoms with Crippen molar-refractivity contribution in [3.63, 3.8) is 0 Å². The minimum Gasteiger partial charge on any atom is -0.497 e. The molecular weight excluding hydrogens is 430 g/mol. The van der Waals surface area contributed by atoms with Gasteiger partial charge in [-0.05, 0) is 49.4 Å². The van der Waals surface area contributed by atoms with Crippen LogP contribution in [0.4, 0.5) is 0 Å². The maximum Gasteiger partial charge on any atom is 0.335 e. The summed E-state index contributed by atoms with van der Waals surface area (Å²) in [6, 6.07) is 7.77. The summed E-state index contributed by atoms with van der Waals surface area (Å²) in [5, 5.41) is 11.3. The van der Waals surface area contributed by atoms with Crippen LogP contribution in [0.15, 0.2) is 39.9 Å². The Morgan fingerprint density at radius 1 is 1.09 bits per heavy atom. The minimum absolute atomic E-state index is 0.0334. The van der Waals surface area contributed by atoms with E-state index in [1.54, 1.807) is 24.3 Å². The molecule has 0 unspecified atom stereocenters. The van der Waals surface area contributed by atoms with Crippen molar-refractivity contribution in [3.8, 4) is 34.6 Å². The molecule has 0 bridgehead atoms. The zero-order valence-corrected chi connectivity index (χ0v) is 18.4. The van der Waals surface area contributed by atoms with Gasteiger partial charge < -0.3 is 24.1 Å². The summed E-state index contributed by atoms with van der Waals surface area (Å²) in [7, 11) is 4.90. The highest BCUT2D eigenvalue weighted by Crippen LogP contribution is 2.51. The number of nitrogens with zero attached hydrogens (tertiary/aromatic N) is 2. The molecule has 0 aliphatic carbocycles. The van der Waals surface area contributed by atoms with Crippen LogP contribution in [-0.2, 0) is 6.42 Å². The van der Waals surface area contributed by atoms with Crippen LogP contribution in [0.1, 0.15) is 22.7 Å². The molecule has 3 aromatic rings. The fourth-order valence-electron chi connectivity index (χ4n) is 4.55. The van der Waals surface area contributed by atoms with Gasteiger partial charge in [0.15, 0.2) is 11.5 Å². The minimum atomic E-state index is -0.747. The lowest BCUT2D eigenvalue weighted by molar-refractivity contribution is 0.170. The maximum atomic E-state index is 13.1. The largest absolute Gasteiger partial charge is 0.497 e. The van der Waals surface area contributed by atoms with Gasteiger partial charge >= 0.3 is 5.69 Å². The smallest absolute Gasteiger partial charge is 0.335 e. The zero-order valence-electron chi connectivity index (χ0n) is 18.4. The second kappa shape index (κ2) is 7.89. The molecule has 0 saturated carbocycles. The molecule has 33 heavy (non-hydrogen) atoms. The fourth-order valence-corrected chi connectivity index (χ4v) is 4.55. The summed E-state index contributed by atoms with van der Waals surface area (Å²) >= 11 is 0. The second-order valence-corrected chi connectivity index (χ2v) is 7.88. The number of methoxy groups -OCH3 is 2. The molecule has 2 aliphatic rings. The summed E-state index contributed by atoms with van der Waals surface area (Å²) in [5.74, 6) is 1.62. The summed E-state index contributed by atoms with van der Waals surface area (Å²) in [6.45, 7) is 0.685. The van der Waals surface area contributed by atoms with Gasteiger partial charge in [-0.25, -0.2) is 9.36 Å². The Hall–Kier alpha value is -3.92. The second-order valence-electron chi connectivity index (χ2n) is 7.88. The van der Waals surface area contributed by atoms with Crippen LogP contribution in [0, 0.1) is 0 Å². The van der Waals surface area contributed by atoms with Gasteiger partial charge in [0.1, 0.15) is 5.75 Å². The van der Waals surface area contributed by atoms with E-state index in [2.05, 4.69) is 4.98 Å². The number of H-pyrrole nitrogens is 1. The van der Waals surface area contributed by atoms with Gasteiger partial charge in [0.25, 0.3) is 5.56 Å². The monoisotopic (exact) mass is 453 g/mol. The Morgan fingerprint density at radius 2 is 1.85 bits per heavy atom. The van der Waals surface area contributed by atoms with Gasteiger partial charge in [0.05, 0.1) is 31.5 Å². The Labute approximate surface area is 188 Å². The average Bonchev–Trinajstić information content (AvgIpc) is 3.27. The van der Waals surface area contributed by atoms with Crippen molar-refractivity contribution in [2.45, 2.75) is 12.5 Å². The number of aromatic nitrogens is 2. The van der Waals surface area contributed by atoms with Gasteiger partial charge in [-0.1, -0.05) is 0 Å². The molecule has 1 aromatic heterocycles. The first-order chi connectivity index (χ1) is 15.9. The van der Waals surface area contributed by atoms with Gasteiger partial charge in [-0.3, -0.25) is 14.7 Å². The van der Waals surface area contributed by atoms with Crippen molar-refractivity contribution in [3.05, 3.63) is 67.9 Å². The van der Waals surface area contributed by atoms with Gasteiger partial charge in [-0.2, -0.15) is 0 Å². The van der Waals surface area contributed by atoms with E-state index in [1.807, 2.05) is 18.0 Å². The highest BCUT2D eigenvalue weighted by atomic mass is 16.7. The predicted molar refractivity (Wildman–Crippen MR) is 118 cm³/mol. The quantitative estimate of drug-likeness (QED) is 0.612. The average molecular weight is 453 g/mol. The van der Waals surface area contributed by atoms with Gasteiger partial charge in [0, 0.05) is 12.1 Å². The van der Waals surface area contributed by atoms with Crippen LogP contribution < -0.4 is 30.2 Å². The fraction of sp³-hybridized carbons (Fsp3) is 0.304. The third-order valence-electron chi connectivity index (χ3n) is 6.12. The summed E-state index contributed by atoms with van der Waals surface area (Å²) < 4.78 is 23.1. The van der Waals surface area contributed by atoms with Crippen molar-refractivity contribution in [2.75, 3.05) is 34.6 Å². The molecule has 2 aliphatic heterocycles. The maximum absolute atomic E-state index is 13.1. The van der Waals surface area contributed by atoms with E-state index in [-0.39, 0.29) is 12.4 Å². The van der Waals surface area contributed by atoms with E-state index in [9.17, 15) is 14.7 Å². The molecule has 2 N–H and O–H groups in total. The number of ether oxygens (including phenoxy) is 4. The number of hydrogen-bond donors (Lipinski definition) is 2. The van der Waals surface area contributed by atoms with E-state index in [0.29, 0.717) is 47.2 Å². The molecule has 172 valence electrons. The van der Waals surface area contributed by atoms with Crippen molar-refractivity contribution in [1.29, 1.82) is 0 Å². The number of aromatic hydroxyl groups is 1. The summed E-state index contributed by atoms with van der Waals surface area (Å²) in [5.41, 5.74) is 0.601. The third kappa shape index (κ3) is 3.21. The normalized spacial score (nSPS) is 17.0. The first kappa shape index (κ1) is 21.0. The van der Waals surface area contributed by atoms with Crippen LogP contribution in [0.3, 0.4) is 0 Å². The molecule has 2 aromatic carbocycles. The summed E-state index contributed by atoms with van der Waals surface area (Å²) in [6.07, 6.45) is 0.687. The van der Waals surface area contributed by atoms with Crippen LogP contribution in [0.25, 0.3) is 5.69 Å². The number of rotatable bonds is 4. The zero-order chi connectivity index (χ0) is 23.3. The molecule has 5 rings (SSSR count). The van der Waals surface area contributed by atoms with E-state index in [0.717, 1.165) is 10.1 Å². The molecule has 10 nitrogen and oxygen atoms in total.